The molecule has 0 bridgehead atoms. The second-order valence-corrected chi connectivity index (χ2v) is 32.2. The highest BCUT2D eigenvalue weighted by Gasteiger charge is 2.64. The van der Waals surface area contributed by atoms with Crippen LogP contribution in [0, 0.1) is 23.7 Å². The molecule has 3 aromatic rings. The Balaban J connectivity index is 1.15. The third kappa shape index (κ3) is 31.9. The molecule has 2 aliphatic rings. The number of ether oxygens (including phenoxy) is 3. The van der Waals surface area contributed by atoms with Crippen LogP contribution in [0.3, 0.4) is 0 Å². The maximum Gasteiger partial charge on any atom is 0.426 e. The summed E-state index contributed by atoms with van der Waals surface area (Å²) < 4.78 is 16.8. The lowest BCUT2D eigenvalue weighted by Gasteiger charge is -2.39. The number of esters is 2. The molecule has 0 radical (unpaired) electrons. The second kappa shape index (κ2) is 48.1. The van der Waals surface area contributed by atoms with Gasteiger partial charge in [-0.1, -0.05) is 112 Å². The van der Waals surface area contributed by atoms with Crippen molar-refractivity contribution in [3.05, 3.63) is 81.8 Å². The van der Waals surface area contributed by atoms with E-state index < -0.39 is 181 Å². The van der Waals surface area contributed by atoms with Crippen LogP contribution < -0.4 is 53.4 Å². The van der Waals surface area contributed by atoms with E-state index in [1.165, 1.54) is 36.3 Å². The minimum atomic E-state index is -1.81. The number of hydrogen-bond acceptors (Lipinski definition) is 25. The SMILES string of the molecule is CCCC(=O)OCN(C(=O)[C@@H](NC(=O)C12CC1CCCN2C)C(C)CC)[C@H](C[C@@H](OC(C)=O)c1nc(C(=O)N[C@@H](Cc2ccc(O)cc2)C[C@H](C)C(=O)NNC(=O)OCCSSC[C@H](NC(=O)[C@H](Cc2ccccc2)NC(=O)[C@H](CC(=O)O)NC(=O)NCCCC[C@H](NC(=O)N[C@@H](CCC(=O)O)C(=O)O)C(=O)O)C(=O)O)cs1)C(C)C. The van der Waals surface area contributed by atoms with Gasteiger partial charge in [-0.15, -0.1) is 11.3 Å². The molecule has 41 heteroatoms. The lowest BCUT2D eigenvalue weighted by Crippen LogP contribution is -2.60. The van der Waals surface area contributed by atoms with Crippen molar-refractivity contribution in [1.29, 1.82) is 0 Å². The topological polar surface area (TPSA) is 562 Å². The molecule has 13 atom stereocenters. The van der Waals surface area contributed by atoms with Gasteiger partial charge in [0.05, 0.1) is 6.42 Å². The average molecular weight is 1690 g/mol. The van der Waals surface area contributed by atoms with E-state index in [1.807, 2.05) is 47.0 Å². The number of phenols is 1. The number of carbonyl (C=O) groups excluding carboxylic acids is 11. The number of carbonyl (C=O) groups is 16. The van der Waals surface area contributed by atoms with Crippen LogP contribution in [0.1, 0.15) is 171 Å². The highest BCUT2D eigenvalue weighted by Crippen LogP contribution is 2.53. The van der Waals surface area contributed by atoms with Gasteiger partial charge in [0.15, 0.2) is 12.8 Å². The molecule has 640 valence electrons. The summed E-state index contributed by atoms with van der Waals surface area (Å²) in [5, 5.41) is 78.8. The summed E-state index contributed by atoms with van der Waals surface area (Å²) >= 11 is 1.01. The molecule has 11 amide bonds. The zero-order valence-corrected chi connectivity index (χ0v) is 68.3. The summed E-state index contributed by atoms with van der Waals surface area (Å²) in [6, 6.07) is 1.29. The van der Waals surface area contributed by atoms with Crippen LogP contribution in [0.4, 0.5) is 14.4 Å². The van der Waals surface area contributed by atoms with Crippen LogP contribution in [0.5, 0.6) is 5.75 Å². The summed E-state index contributed by atoms with van der Waals surface area (Å²) in [7, 11) is 3.91. The number of likely N-dealkylation sites (N-methyl/N-ethyl adjacent to an activating group) is 1. The lowest BCUT2D eigenvalue weighted by molar-refractivity contribution is -0.161. The quantitative estimate of drug-likeness (QED) is 0.00940. The highest BCUT2D eigenvalue weighted by atomic mass is 33.1. The van der Waals surface area contributed by atoms with Crippen molar-refractivity contribution in [3.63, 3.8) is 0 Å². The molecule has 2 aromatic carbocycles. The van der Waals surface area contributed by atoms with Gasteiger partial charge >= 0.3 is 59.9 Å². The molecule has 1 aliphatic carbocycles. The number of likely N-dealkylation sites (tertiary alicyclic amines) is 1. The van der Waals surface area contributed by atoms with E-state index in [1.54, 1.807) is 42.5 Å². The molecule has 0 spiro atoms. The van der Waals surface area contributed by atoms with Crippen LogP contribution >= 0.6 is 32.9 Å². The van der Waals surface area contributed by atoms with E-state index in [9.17, 15) is 97.5 Å². The first-order chi connectivity index (χ1) is 55.0. The molecular formula is C75H107N13O25S3. The van der Waals surface area contributed by atoms with Gasteiger partial charge in [0.2, 0.25) is 29.5 Å². The number of benzene rings is 2. The maximum absolute atomic E-state index is 15.1. The normalized spacial score (nSPS) is 17.0. The number of nitrogens with zero attached hydrogens (tertiary/aromatic N) is 3. The van der Waals surface area contributed by atoms with Crippen molar-refractivity contribution < 1.29 is 122 Å². The molecule has 1 saturated carbocycles. The molecule has 38 nitrogen and oxygen atoms in total. The maximum atomic E-state index is 15.1. The van der Waals surface area contributed by atoms with Crippen molar-refractivity contribution >= 4 is 128 Å². The van der Waals surface area contributed by atoms with E-state index in [2.05, 4.69) is 58.0 Å². The number of amides is 11. The summed E-state index contributed by atoms with van der Waals surface area (Å²) in [6.07, 6.45) is -0.988. The van der Waals surface area contributed by atoms with Crippen LogP contribution in [-0.2, 0) is 84.6 Å². The Morgan fingerprint density at radius 2 is 1.32 bits per heavy atom. The Hall–Kier alpha value is -10.5. The number of aromatic nitrogens is 1. The first-order valence-corrected chi connectivity index (χ1v) is 41.4. The molecule has 1 aromatic heterocycles. The third-order valence-corrected chi connectivity index (χ3v) is 22.8. The van der Waals surface area contributed by atoms with Crippen molar-refractivity contribution in [1.82, 2.24) is 68.2 Å². The summed E-state index contributed by atoms with van der Waals surface area (Å²) in [5.41, 5.74) is 4.79. The number of aromatic hydroxyl groups is 1. The first kappa shape index (κ1) is 96.0. The fraction of sp³-hybridized carbons (Fsp3) is 0.587. The van der Waals surface area contributed by atoms with Crippen LogP contribution in [0.2, 0.25) is 0 Å². The van der Waals surface area contributed by atoms with Gasteiger partial charge in [-0.2, -0.15) is 0 Å². The molecule has 2 fully saturated rings. The summed E-state index contributed by atoms with van der Waals surface area (Å²) in [6.45, 7) is 11.8. The average Bonchev–Trinajstić information content (AvgIpc) is 1.56. The Kier molecular flexibility index (Phi) is 39.8. The summed E-state index contributed by atoms with van der Waals surface area (Å²) in [4.78, 5) is 216. The van der Waals surface area contributed by atoms with E-state index in [0.29, 0.717) is 30.4 Å². The number of fused-ring (bicyclic) bond motifs is 1. The second-order valence-electron chi connectivity index (χ2n) is 28.7. The van der Waals surface area contributed by atoms with E-state index in [4.69, 9.17) is 19.3 Å². The first-order valence-electron chi connectivity index (χ1n) is 38.0. The predicted molar refractivity (Wildman–Crippen MR) is 421 cm³/mol. The fourth-order valence-corrected chi connectivity index (χ4v) is 15.7. The standard InChI is InChI=1S/C75H107N13O25S3/c1-9-17-60(95)112-40-88(67(100)61(42(5)10-2)84-71(107)75-37-47(75)20-16-29-87(75)8)56(41(3)4)36-57(113-44(7)89)66-80-54(38-114-66)65(99)77-48(33-46-22-24-49(90)25-23-46)32-43(6)62(96)85-86-74(110)111-30-31-115-116-39-55(70(105)106)79-63(97)52(34-45-18-12-11-13-19-45)78-64(98)53(35-59(93)94)83-72(108)76-28-15-14-21-50(68(101)102)81-73(109)82-51(69(103)104)26-27-58(91)92/h11-13,18-19,22-25,38,41-43,47-48,50-53,55-57,61,90H,9-10,14-17,20-21,26-37,39-40H2,1-8H3,(H,77,99)(H,78,98)(H,79,97)(H,84,107)(H,85,96)(H,86,110)(H,91,92)(H,93,94)(H,101,102)(H,103,104)(H,105,106)(H2,76,83,108)(H2,81,82,109)/t42?,43-,47?,48+,50-,51-,52-,53-,55-,56+,57+,61-,75?/m0/s1. The number of hydrazine groups is 1. The van der Waals surface area contributed by atoms with E-state index >= 15 is 4.79 Å². The van der Waals surface area contributed by atoms with Gasteiger partial charge in [0.25, 0.3) is 5.91 Å². The number of phenolic OH excluding ortho intramolecular Hbond substituents is 1. The van der Waals surface area contributed by atoms with E-state index in [0.717, 1.165) is 52.3 Å². The zero-order chi connectivity index (χ0) is 85.9. The molecule has 5 rings (SSSR count). The fourth-order valence-electron chi connectivity index (χ4n) is 12.8. The lowest BCUT2D eigenvalue weighted by atomic mass is 9.92. The third-order valence-electron chi connectivity index (χ3n) is 19.5. The molecule has 2 heterocycles. The van der Waals surface area contributed by atoms with Crippen LogP contribution in [0.25, 0.3) is 0 Å². The number of rotatable bonds is 50. The molecule has 1 saturated heterocycles. The Labute approximate surface area is 682 Å². The monoisotopic (exact) mass is 1690 g/mol. The van der Waals surface area contributed by atoms with E-state index in [-0.39, 0.29) is 116 Å². The van der Waals surface area contributed by atoms with Gasteiger partial charge in [0, 0.05) is 74.0 Å². The Bertz CT molecular complexity index is 3880. The molecule has 3 unspecified atom stereocenters. The van der Waals surface area contributed by atoms with Gasteiger partial charge in [-0.05, 0) is 119 Å². The highest BCUT2D eigenvalue weighted by molar-refractivity contribution is 8.76. The van der Waals surface area contributed by atoms with Crippen molar-refractivity contribution in [2.45, 2.75) is 211 Å². The number of unbranched alkanes of at least 4 members (excludes halogenated alkanes) is 1. The Morgan fingerprint density at radius 1 is 0.681 bits per heavy atom. The number of hydrogen-bond donors (Lipinski definition) is 16. The smallest absolute Gasteiger partial charge is 0.426 e. The predicted octanol–water partition coefficient (Wildman–Crippen LogP) is 4.20. The zero-order valence-electron chi connectivity index (χ0n) is 65.8. The number of urea groups is 2. The number of aliphatic carboxylic acids is 5. The van der Waals surface area contributed by atoms with Crippen molar-refractivity contribution in [2.75, 3.05) is 45.0 Å². The molecule has 16 N–H and O–H groups in total. The van der Waals surface area contributed by atoms with Crippen LogP contribution in [-0.4, -0.2) is 240 Å². The van der Waals surface area contributed by atoms with Gasteiger partial charge in [-0.25, -0.2) is 39.2 Å². The van der Waals surface area contributed by atoms with Gasteiger partial charge < -0.3 is 92.3 Å². The van der Waals surface area contributed by atoms with Crippen LogP contribution in [0.15, 0.2) is 60.0 Å². The number of thiazole rings is 1. The van der Waals surface area contributed by atoms with Gasteiger partial charge in [-0.3, -0.25) is 58.3 Å². The molecule has 116 heavy (non-hydrogen) atoms. The minimum Gasteiger partial charge on any atom is -0.508 e. The molecular weight excluding hydrogens is 1580 g/mol. The number of nitrogens with one attached hydrogen (secondary N) is 10. The molecule has 1 aliphatic heterocycles. The van der Waals surface area contributed by atoms with Gasteiger partial charge in [0.1, 0.15) is 64.8 Å². The van der Waals surface area contributed by atoms with Crippen molar-refractivity contribution in [2.24, 2.45) is 23.7 Å². The summed E-state index contributed by atoms with van der Waals surface area (Å²) in [5.74, 6) is -14.6. The largest absolute Gasteiger partial charge is 0.508 e. The Morgan fingerprint density at radius 3 is 1.93 bits per heavy atom. The number of carboxylic acids is 5. The van der Waals surface area contributed by atoms with Crippen molar-refractivity contribution in [3.8, 4) is 5.75 Å². The minimum absolute atomic E-state index is 0.0240. The number of carboxylic acid groups (broad SMARTS) is 5. The number of piperidine rings is 1.